The zero-order chi connectivity index (χ0) is 46.8. The van der Waals surface area contributed by atoms with Crippen LogP contribution in [0.1, 0.15) is 113 Å². The van der Waals surface area contributed by atoms with E-state index in [0.29, 0.717) is 56.3 Å². The Morgan fingerprint density at radius 2 is 1.63 bits per heavy atom. The summed E-state index contributed by atoms with van der Waals surface area (Å²) < 4.78 is 56.5. The van der Waals surface area contributed by atoms with Crippen molar-refractivity contribution in [1.82, 2.24) is 4.90 Å². The third-order valence-corrected chi connectivity index (χ3v) is 13.9. The second kappa shape index (κ2) is 23.9. The molecular formula is C47H74FNO14. The van der Waals surface area contributed by atoms with E-state index in [0.717, 1.165) is 4.90 Å². The summed E-state index contributed by atoms with van der Waals surface area (Å²) in [4.78, 5) is 70.9. The van der Waals surface area contributed by atoms with Gasteiger partial charge in [0.15, 0.2) is 6.79 Å². The molecule has 0 spiro atoms. The topological polar surface area (TPSA) is 194 Å². The van der Waals surface area contributed by atoms with Crippen molar-refractivity contribution in [3.63, 3.8) is 0 Å². The quantitative estimate of drug-likeness (QED) is 0.0954. The first kappa shape index (κ1) is 52.5. The van der Waals surface area contributed by atoms with E-state index in [9.17, 15) is 34.2 Å². The molecular weight excluding hydrogens is 822 g/mol. The van der Waals surface area contributed by atoms with Gasteiger partial charge in [-0.05, 0) is 102 Å². The maximum Gasteiger partial charge on any atom is 0.329 e. The predicted octanol–water partition coefficient (Wildman–Crippen LogP) is 5.21. The number of aliphatic hydroxyl groups is 2. The lowest BCUT2D eigenvalue weighted by atomic mass is 9.78. The van der Waals surface area contributed by atoms with Crippen LogP contribution in [-0.4, -0.2) is 140 Å². The molecule has 15 atom stereocenters. The van der Waals surface area contributed by atoms with Crippen LogP contribution in [-0.2, 0) is 57.1 Å². The SMILES string of the molecule is CCOCOC(=O)C1CCC(C=C(C)C2OC(=O)C3CCCCN3C(=O)C(=O)C3(O)OC(C(OC)CC(C)C(F)C(C)=CC(CC)C(=O)CC(O)C2C)C(OC)CC3C)CC1OC. The lowest BCUT2D eigenvalue weighted by Crippen LogP contribution is -2.64. The summed E-state index contributed by atoms with van der Waals surface area (Å²) in [5.74, 6) is -10.3. The third kappa shape index (κ3) is 12.6. The highest BCUT2D eigenvalue weighted by molar-refractivity contribution is 6.39. The summed E-state index contributed by atoms with van der Waals surface area (Å²) in [6.45, 7) is 12.2. The van der Waals surface area contributed by atoms with Crippen LogP contribution in [0.3, 0.4) is 0 Å². The zero-order valence-electron chi connectivity index (χ0n) is 39.0. The fourth-order valence-electron chi connectivity index (χ4n) is 9.88. The van der Waals surface area contributed by atoms with Gasteiger partial charge in [-0.25, -0.2) is 9.18 Å². The number of alkyl halides is 1. The zero-order valence-corrected chi connectivity index (χ0v) is 39.0. The number of cyclic esters (lactones) is 1. The second-order valence-electron chi connectivity index (χ2n) is 18.2. The molecule has 1 amide bonds. The van der Waals surface area contributed by atoms with E-state index >= 15 is 4.39 Å². The summed E-state index contributed by atoms with van der Waals surface area (Å²) in [5, 5.41) is 23.8. The van der Waals surface area contributed by atoms with E-state index < -0.39 is 108 Å². The van der Waals surface area contributed by atoms with Crippen molar-refractivity contribution >= 4 is 29.4 Å². The standard InChI is InChI=1S/C47H74FNO14/c1-11-32-20-26(3)40(48)27(4)21-38(58-9)42-39(59-10)22-29(6)47(56,63-42)43(52)44(53)49-18-14-13-15-34(49)46(55)62-41(30(7)35(50)24-36(32)51)28(5)19-31-16-17-33(37(23-31)57-8)45(54)61-25-60-12-2/h19-20,27,29-35,37-42,50,56H,11-18,21-25H2,1-10H3. The van der Waals surface area contributed by atoms with Gasteiger partial charge in [-0.3, -0.25) is 19.2 Å². The normalized spacial score (nSPS) is 38.5. The Morgan fingerprint density at radius 3 is 2.27 bits per heavy atom. The first-order valence-electron chi connectivity index (χ1n) is 22.9. The van der Waals surface area contributed by atoms with E-state index in [4.69, 9.17) is 33.2 Å². The van der Waals surface area contributed by atoms with Gasteiger partial charge in [0.25, 0.3) is 11.7 Å². The molecule has 358 valence electrons. The lowest BCUT2D eigenvalue weighted by Gasteiger charge is -2.47. The van der Waals surface area contributed by atoms with Crippen LogP contribution < -0.4 is 0 Å². The number of ketones is 2. The molecule has 3 aliphatic heterocycles. The van der Waals surface area contributed by atoms with Crippen LogP contribution in [0.5, 0.6) is 0 Å². The molecule has 15 nitrogen and oxygen atoms in total. The number of esters is 2. The number of allylic oxidation sites excluding steroid dienone is 3. The van der Waals surface area contributed by atoms with Crippen LogP contribution in [0, 0.1) is 35.5 Å². The number of aliphatic hydroxyl groups excluding tert-OH is 1. The number of carbonyl (C=O) groups is 5. The van der Waals surface area contributed by atoms with E-state index in [1.165, 1.54) is 21.3 Å². The Kier molecular flexibility index (Phi) is 19.9. The predicted molar refractivity (Wildman–Crippen MR) is 228 cm³/mol. The van der Waals surface area contributed by atoms with E-state index in [2.05, 4.69) is 0 Å². The number of hydrogen-bond donors (Lipinski definition) is 2. The van der Waals surface area contributed by atoms with Gasteiger partial charge in [0.2, 0.25) is 5.79 Å². The van der Waals surface area contributed by atoms with Crippen molar-refractivity contribution in [1.29, 1.82) is 0 Å². The van der Waals surface area contributed by atoms with Crippen molar-refractivity contribution < 1.29 is 71.7 Å². The van der Waals surface area contributed by atoms with Crippen LogP contribution in [0.15, 0.2) is 23.3 Å². The first-order valence-corrected chi connectivity index (χ1v) is 22.9. The van der Waals surface area contributed by atoms with E-state index in [-0.39, 0.29) is 50.7 Å². The molecule has 0 radical (unpaired) electrons. The second-order valence-corrected chi connectivity index (χ2v) is 18.2. The largest absolute Gasteiger partial charge is 0.456 e. The summed E-state index contributed by atoms with van der Waals surface area (Å²) in [6, 6.07) is -1.21. The smallest absolute Gasteiger partial charge is 0.329 e. The number of ether oxygens (including phenoxy) is 7. The number of amides is 1. The molecule has 3 heterocycles. The fourth-order valence-corrected chi connectivity index (χ4v) is 9.88. The van der Waals surface area contributed by atoms with Crippen LogP contribution >= 0.6 is 0 Å². The van der Waals surface area contributed by atoms with Crippen LogP contribution in [0.2, 0.25) is 0 Å². The number of fused-ring (bicyclic) bond motifs is 3. The van der Waals surface area contributed by atoms with Gasteiger partial charge < -0.3 is 48.3 Å². The van der Waals surface area contributed by atoms with Crippen molar-refractivity contribution in [2.45, 2.75) is 167 Å². The maximum absolute atomic E-state index is 16.3. The number of hydrogen-bond acceptors (Lipinski definition) is 14. The maximum atomic E-state index is 16.3. The minimum absolute atomic E-state index is 0.0284. The first-order chi connectivity index (χ1) is 29.9. The molecule has 2 N–H and O–H groups in total. The summed E-state index contributed by atoms with van der Waals surface area (Å²) >= 11 is 0. The molecule has 1 saturated carbocycles. The van der Waals surface area contributed by atoms with Gasteiger partial charge in [0.1, 0.15) is 30.2 Å². The Labute approximate surface area is 372 Å². The lowest BCUT2D eigenvalue weighted by molar-refractivity contribution is -0.302. The number of rotatable bonds is 10. The number of methoxy groups -OCH3 is 3. The molecule has 15 unspecified atom stereocenters. The molecule has 3 fully saturated rings. The van der Waals surface area contributed by atoms with E-state index in [1.807, 2.05) is 13.0 Å². The summed E-state index contributed by atoms with van der Waals surface area (Å²) in [5.41, 5.74) is 0.892. The molecule has 4 aliphatic rings. The fraction of sp³-hybridized carbons (Fsp3) is 0.809. The molecule has 2 saturated heterocycles. The summed E-state index contributed by atoms with van der Waals surface area (Å²) in [6.07, 6.45) is -0.593. The Bertz CT molecular complexity index is 1640. The molecule has 16 heteroatoms. The number of piperidine rings is 1. The molecule has 1 aliphatic carbocycles. The van der Waals surface area contributed by atoms with Gasteiger partial charge in [-0.1, -0.05) is 39.8 Å². The van der Waals surface area contributed by atoms with Crippen molar-refractivity contribution in [3.8, 4) is 0 Å². The van der Waals surface area contributed by atoms with Crippen LogP contribution in [0.25, 0.3) is 0 Å². The average Bonchev–Trinajstić information content (AvgIpc) is 3.28. The van der Waals surface area contributed by atoms with Gasteiger partial charge in [0.05, 0.1) is 30.3 Å². The number of Topliss-reactive ketones (excluding diaryl/α,β-unsaturated/α-hetero) is 2. The van der Waals surface area contributed by atoms with Gasteiger partial charge in [0, 0.05) is 58.7 Å². The molecule has 0 aromatic rings. The number of carbonyl (C=O) groups excluding carboxylic acids is 5. The minimum Gasteiger partial charge on any atom is -0.456 e. The molecule has 0 aromatic heterocycles. The molecule has 2 bridgehead atoms. The Balaban J connectivity index is 1.75. The average molecular weight is 896 g/mol. The Hall–Kier alpha value is -3.12. The van der Waals surface area contributed by atoms with Gasteiger partial charge >= 0.3 is 11.9 Å². The van der Waals surface area contributed by atoms with Gasteiger partial charge in [-0.15, -0.1) is 0 Å². The molecule has 0 aromatic carbocycles. The van der Waals surface area contributed by atoms with Gasteiger partial charge in [-0.2, -0.15) is 0 Å². The Morgan fingerprint density at radius 1 is 0.968 bits per heavy atom. The van der Waals surface area contributed by atoms with Crippen molar-refractivity contribution in [3.05, 3.63) is 23.3 Å². The summed E-state index contributed by atoms with van der Waals surface area (Å²) in [7, 11) is 4.39. The highest BCUT2D eigenvalue weighted by Crippen LogP contribution is 2.40. The van der Waals surface area contributed by atoms with Crippen molar-refractivity contribution in [2.24, 2.45) is 35.5 Å². The van der Waals surface area contributed by atoms with E-state index in [1.54, 1.807) is 47.6 Å². The minimum atomic E-state index is -2.62. The molecule has 4 rings (SSSR count). The highest BCUT2D eigenvalue weighted by Gasteiger charge is 2.57. The monoisotopic (exact) mass is 896 g/mol. The van der Waals surface area contributed by atoms with Crippen molar-refractivity contribution in [2.75, 3.05) is 41.3 Å². The number of halogens is 1. The number of nitrogens with zero attached hydrogens (tertiary/aromatic N) is 1. The molecule has 63 heavy (non-hydrogen) atoms. The van der Waals surface area contributed by atoms with Crippen LogP contribution in [0.4, 0.5) is 4.39 Å². The highest BCUT2D eigenvalue weighted by atomic mass is 19.1. The third-order valence-electron chi connectivity index (χ3n) is 13.9.